The summed E-state index contributed by atoms with van der Waals surface area (Å²) in [7, 11) is 0. The van der Waals surface area contributed by atoms with E-state index in [4.69, 9.17) is 4.98 Å². The number of fused-ring (bicyclic) bond motifs is 2. The Hall–Kier alpha value is -3.15. The molecule has 1 aliphatic rings. The minimum absolute atomic E-state index is 0.0749. The lowest BCUT2D eigenvalue weighted by Crippen LogP contribution is -2.39. The van der Waals surface area contributed by atoms with Crippen LogP contribution in [0.5, 0.6) is 0 Å². The molecule has 5 rings (SSSR count). The Balaban J connectivity index is 1.38. The van der Waals surface area contributed by atoms with Gasteiger partial charge in [-0.2, -0.15) is 5.10 Å². The van der Waals surface area contributed by atoms with Crippen molar-refractivity contribution in [2.24, 2.45) is 0 Å². The van der Waals surface area contributed by atoms with Gasteiger partial charge >= 0.3 is 0 Å². The van der Waals surface area contributed by atoms with Gasteiger partial charge in [0.05, 0.1) is 28.3 Å². The molecule has 142 valence electrons. The smallest absolute Gasteiger partial charge is 0.257 e. The lowest BCUT2D eigenvalue weighted by molar-refractivity contribution is 0.0697. The minimum Gasteiger partial charge on any atom is -0.338 e. The van der Waals surface area contributed by atoms with Gasteiger partial charge in [-0.05, 0) is 37.1 Å². The Kier molecular flexibility index (Phi) is 4.11. The molecule has 0 aliphatic carbocycles. The summed E-state index contributed by atoms with van der Waals surface area (Å²) in [5.74, 6) is 1.21. The van der Waals surface area contributed by atoms with Crippen molar-refractivity contribution >= 4 is 22.5 Å². The maximum absolute atomic E-state index is 13.1. The second-order valence-corrected chi connectivity index (χ2v) is 7.35. The number of likely N-dealkylation sites (tertiary alicyclic amines) is 1. The third kappa shape index (κ3) is 2.68. The summed E-state index contributed by atoms with van der Waals surface area (Å²) in [6.07, 6.45) is 6.35. The van der Waals surface area contributed by atoms with Crippen molar-refractivity contribution in [1.82, 2.24) is 24.1 Å². The molecule has 1 fully saturated rings. The van der Waals surface area contributed by atoms with Crippen molar-refractivity contribution in [3.63, 3.8) is 0 Å². The number of imidazole rings is 1. The zero-order valence-electron chi connectivity index (χ0n) is 16.0. The van der Waals surface area contributed by atoms with E-state index in [-0.39, 0.29) is 5.91 Å². The van der Waals surface area contributed by atoms with E-state index in [0.717, 1.165) is 49.2 Å². The van der Waals surface area contributed by atoms with Gasteiger partial charge < -0.3 is 9.47 Å². The molecular weight excluding hydrogens is 350 g/mol. The standard InChI is InChI=1S/C22H23N5O/c1-2-21-24-18-7-3-4-9-20(18)27(21)16-10-13-25(14-11-16)22(28)17-15-23-26-12-6-5-8-19(17)26/h3-9,12,15-16H,2,10-11,13-14H2,1H3. The molecule has 4 aromatic rings. The average molecular weight is 373 g/mol. The number of carbonyl (C=O) groups is 1. The van der Waals surface area contributed by atoms with E-state index in [2.05, 4.69) is 34.8 Å². The maximum atomic E-state index is 13.1. The van der Waals surface area contributed by atoms with Crippen molar-refractivity contribution in [1.29, 1.82) is 0 Å². The van der Waals surface area contributed by atoms with Crippen LogP contribution in [-0.4, -0.2) is 43.1 Å². The predicted molar refractivity (Wildman–Crippen MR) is 108 cm³/mol. The Morgan fingerprint density at radius 3 is 2.64 bits per heavy atom. The topological polar surface area (TPSA) is 55.4 Å². The SMILES string of the molecule is CCc1nc2ccccc2n1C1CCN(C(=O)c2cnn3ccccc23)CC1. The molecule has 3 aromatic heterocycles. The summed E-state index contributed by atoms with van der Waals surface area (Å²) in [5, 5.41) is 4.30. The van der Waals surface area contributed by atoms with E-state index >= 15 is 0 Å². The fourth-order valence-electron chi connectivity index (χ4n) is 4.35. The molecule has 1 aromatic carbocycles. The van der Waals surface area contributed by atoms with Gasteiger partial charge in [-0.25, -0.2) is 9.50 Å². The van der Waals surface area contributed by atoms with Crippen LogP contribution in [0, 0.1) is 0 Å². The van der Waals surface area contributed by atoms with E-state index in [1.165, 1.54) is 5.52 Å². The first-order valence-corrected chi connectivity index (χ1v) is 9.93. The monoisotopic (exact) mass is 373 g/mol. The van der Waals surface area contributed by atoms with Crippen molar-refractivity contribution in [2.75, 3.05) is 13.1 Å². The van der Waals surface area contributed by atoms with Gasteiger partial charge in [0.1, 0.15) is 5.82 Å². The summed E-state index contributed by atoms with van der Waals surface area (Å²) in [6.45, 7) is 3.66. The lowest BCUT2D eigenvalue weighted by atomic mass is 10.0. The van der Waals surface area contributed by atoms with Gasteiger partial charge in [0.15, 0.2) is 0 Å². The first kappa shape index (κ1) is 17.0. The molecule has 0 atom stereocenters. The molecule has 28 heavy (non-hydrogen) atoms. The van der Waals surface area contributed by atoms with E-state index in [9.17, 15) is 4.79 Å². The highest BCUT2D eigenvalue weighted by Crippen LogP contribution is 2.30. The number of pyridine rings is 1. The molecule has 1 saturated heterocycles. The fourth-order valence-corrected chi connectivity index (χ4v) is 4.35. The van der Waals surface area contributed by atoms with E-state index in [1.54, 1.807) is 10.7 Å². The van der Waals surface area contributed by atoms with E-state index in [1.807, 2.05) is 35.4 Å². The molecular formula is C22H23N5O. The molecule has 0 N–H and O–H groups in total. The predicted octanol–water partition coefficient (Wildman–Crippen LogP) is 3.72. The Bertz CT molecular complexity index is 1150. The molecule has 0 unspecified atom stereocenters. The zero-order valence-corrected chi connectivity index (χ0v) is 16.0. The summed E-state index contributed by atoms with van der Waals surface area (Å²) in [5.41, 5.74) is 3.81. The van der Waals surface area contributed by atoms with Crippen LogP contribution in [0.4, 0.5) is 0 Å². The normalized spacial score (nSPS) is 15.5. The molecule has 6 heteroatoms. The fraction of sp³-hybridized carbons (Fsp3) is 0.318. The summed E-state index contributed by atoms with van der Waals surface area (Å²) >= 11 is 0. The van der Waals surface area contributed by atoms with Gasteiger partial charge in [0, 0.05) is 31.7 Å². The highest BCUT2D eigenvalue weighted by Gasteiger charge is 2.28. The first-order valence-electron chi connectivity index (χ1n) is 9.93. The molecule has 6 nitrogen and oxygen atoms in total. The van der Waals surface area contributed by atoms with Crippen LogP contribution in [0.2, 0.25) is 0 Å². The Morgan fingerprint density at radius 2 is 1.82 bits per heavy atom. The van der Waals surface area contributed by atoms with Crippen molar-refractivity contribution in [3.05, 3.63) is 66.2 Å². The summed E-state index contributed by atoms with van der Waals surface area (Å²) in [6, 6.07) is 14.5. The molecule has 1 aliphatic heterocycles. The van der Waals surface area contributed by atoms with Gasteiger partial charge in [0.25, 0.3) is 5.91 Å². The van der Waals surface area contributed by atoms with Gasteiger partial charge in [-0.1, -0.05) is 25.1 Å². The Labute approximate surface area is 163 Å². The maximum Gasteiger partial charge on any atom is 0.257 e. The largest absolute Gasteiger partial charge is 0.338 e. The van der Waals surface area contributed by atoms with Crippen LogP contribution in [0.1, 0.15) is 42.0 Å². The quantitative estimate of drug-likeness (QED) is 0.550. The Morgan fingerprint density at radius 1 is 1.07 bits per heavy atom. The van der Waals surface area contributed by atoms with E-state index < -0.39 is 0 Å². The number of aryl methyl sites for hydroxylation is 1. The van der Waals surface area contributed by atoms with Gasteiger partial charge in [-0.3, -0.25) is 4.79 Å². The van der Waals surface area contributed by atoms with Crippen LogP contribution < -0.4 is 0 Å². The van der Waals surface area contributed by atoms with Gasteiger partial charge in [0.2, 0.25) is 0 Å². The van der Waals surface area contributed by atoms with E-state index in [0.29, 0.717) is 11.6 Å². The molecule has 0 spiro atoms. The van der Waals surface area contributed by atoms with Gasteiger partial charge in [-0.15, -0.1) is 0 Å². The number of para-hydroxylation sites is 2. The van der Waals surface area contributed by atoms with Crippen molar-refractivity contribution in [3.8, 4) is 0 Å². The molecule has 0 radical (unpaired) electrons. The zero-order chi connectivity index (χ0) is 19.1. The molecule has 1 amide bonds. The number of carbonyl (C=O) groups excluding carboxylic acids is 1. The second kappa shape index (κ2) is 6.78. The van der Waals surface area contributed by atoms with Crippen molar-refractivity contribution < 1.29 is 4.79 Å². The third-order valence-corrected chi connectivity index (χ3v) is 5.76. The lowest BCUT2D eigenvalue weighted by Gasteiger charge is -2.33. The van der Waals surface area contributed by atoms with Crippen LogP contribution in [0.15, 0.2) is 54.9 Å². The van der Waals surface area contributed by atoms with Crippen LogP contribution >= 0.6 is 0 Å². The second-order valence-electron chi connectivity index (χ2n) is 7.35. The average Bonchev–Trinajstić information content (AvgIpc) is 3.35. The number of nitrogens with zero attached hydrogens (tertiary/aromatic N) is 5. The van der Waals surface area contributed by atoms with Crippen LogP contribution in [0.3, 0.4) is 0 Å². The highest BCUT2D eigenvalue weighted by molar-refractivity contribution is 6.00. The number of piperidine rings is 1. The first-order chi connectivity index (χ1) is 13.8. The minimum atomic E-state index is 0.0749. The third-order valence-electron chi connectivity index (χ3n) is 5.76. The van der Waals surface area contributed by atoms with Crippen LogP contribution in [0.25, 0.3) is 16.6 Å². The number of benzene rings is 1. The molecule has 0 bridgehead atoms. The number of amides is 1. The number of hydrogen-bond donors (Lipinski definition) is 0. The van der Waals surface area contributed by atoms with Crippen LogP contribution in [-0.2, 0) is 6.42 Å². The number of aromatic nitrogens is 4. The number of rotatable bonds is 3. The summed E-state index contributed by atoms with van der Waals surface area (Å²) in [4.78, 5) is 19.8. The molecule has 4 heterocycles. The highest BCUT2D eigenvalue weighted by atomic mass is 16.2. The number of hydrogen-bond acceptors (Lipinski definition) is 3. The van der Waals surface area contributed by atoms with Crippen molar-refractivity contribution in [2.45, 2.75) is 32.2 Å². The summed E-state index contributed by atoms with van der Waals surface area (Å²) < 4.78 is 4.15. The molecule has 0 saturated carbocycles.